The molecule has 3 nitrogen and oxygen atoms in total. The monoisotopic (exact) mass is 350 g/mol. The fraction of sp³-hybridized carbons (Fsp3) is 0.650. The summed E-state index contributed by atoms with van der Waals surface area (Å²) < 4.78 is 0. The van der Waals surface area contributed by atoms with E-state index in [9.17, 15) is 4.79 Å². The first-order chi connectivity index (χ1) is 11.1. The topological polar surface area (TPSA) is 32.3 Å². The number of amides is 1. The summed E-state index contributed by atoms with van der Waals surface area (Å²) in [4.78, 5) is 15.0. The Morgan fingerprint density at radius 2 is 2.04 bits per heavy atom. The maximum Gasteiger partial charge on any atom is 0.223 e. The molecule has 2 aliphatic rings. The second kappa shape index (κ2) is 8.87. The zero-order valence-corrected chi connectivity index (χ0v) is 15.8. The lowest BCUT2D eigenvalue weighted by Gasteiger charge is -2.31. The summed E-state index contributed by atoms with van der Waals surface area (Å²) in [6.45, 7) is 7.55. The van der Waals surface area contributed by atoms with Crippen LogP contribution in [0.1, 0.15) is 56.2 Å². The number of carbonyl (C=O) groups excluding carboxylic acids is 1. The number of hydrogen-bond acceptors (Lipinski definition) is 2. The lowest BCUT2D eigenvalue weighted by Crippen LogP contribution is -2.35. The lowest BCUT2D eigenvalue weighted by atomic mass is 9.84. The van der Waals surface area contributed by atoms with Gasteiger partial charge in [-0.2, -0.15) is 0 Å². The average molecular weight is 351 g/mol. The molecule has 4 heteroatoms. The third-order valence-corrected chi connectivity index (χ3v) is 5.69. The predicted molar refractivity (Wildman–Crippen MR) is 101 cm³/mol. The summed E-state index contributed by atoms with van der Waals surface area (Å²) in [5.74, 6) is 1.57. The Balaban J connectivity index is 0.00000208. The van der Waals surface area contributed by atoms with Gasteiger partial charge in [0.25, 0.3) is 0 Å². The first-order valence-electron chi connectivity index (χ1n) is 9.22. The van der Waals surface area contributed by atoms with E-state index < -0.39 is 0 Å². The minimum Gasteiger partial charge on any atom is -0.336 e. The molecule has 0 aliphatic carbocycles. The van der Waals surface area contributed by atoms with Gasteiger partial charge < -0.3 is 10.2 Å². The molecule has 1 amide bonds. The van der Waals surface area contributed by atoms with Crippen molar-refractivity contribution in [2.75, 3.05) is 19.6 Å². The Morgan fingerprint density at radius 3 is 2.75 bits per heavy atom. The Kier molecular flexibility index (Phi) is 7.12. The van der Waals surface area contributed by atoms with Gasteiger partial charge >= 0.3 is 0 Å². The van der Waals surface area contributed by atoms with Crippen LogP contribution in [0.5, 0.6) is 0 Å². The zero-order chi connectivity index (χ0) is 16.2. The quantitative estimate of drug-likeness (QED) is 0.886. The van der Waals surface area contributed by atoms with Crippen LogP contribution in [0.4, 0.5) is 0 Å². The zero-order valence-electron chi connectivity index (χ0n) is 15.0. The molecular weight excluding hydrogens is 320 g/mol. The fourth-order valence-corrected chi connectivity index (χ4v) is 4.26. The molecule has 0 bridgehead atoms. The van der Waals surface area contributed by atoms with Crippen LogP contribution in [0.15, 0.2) is 24.3 Å². The van der Waals surface area contributed by atoms with Crippen LogP contribution in [0, 0.1) is 18.8 Å². The van der Waals surface area contributed by atoms with Crippen molar-refractivity contribution in [3.8, 4) is 0 Å². The van der Waals surface area contributed by atoms with E-state index in [1.54, 1.807) is 0 Å². The van der Waals surface area contributed by atoms with Gasteiger partial charge in [0.05, 0.1) is 6.04 Å². The molecular formula is C20H31ClN2O. The van der Waals surface area contributed by atoms with Crippen molar-refractivity contribution in [2.24, 2.45) is 11.8 Å². The van der Waals surface area contributed by atoms with Crippen LogP contribution < -0.4 is 5.32 Å². The molecule has 3 rings (SSSR count). The number of rotatable bonds is 4. The van der Waals surface area contributed by atoms with E-state index in [-0.39, 0.29) is 12.4 Å². The summed E-state index contributed by atoms with van der Waals surface area (Å²) in [5, 5.41) is 3.42. The van der Waals surface area contributed by atoms with Crippen molar-refractivity contribution in [3.05, 3.63) is 35.4 Å². The molecule has 0 spiro atoms. The van der Waals surface area contributed by atoms with Crippen molar-refractivity contribution in [1.29, 1.82) is 0 Å². The number of nitrogens with zero attached hydrogens (tertiary/aromatic N) is 1. The van der Waals surface area contributed by atoms with Gasteiger partial charge in [0, 0.05) is 13.0 Å². The van der Waals surface area contributed by atoms with Gasteiger partial charge in [-0.1, -0.05) is 36.8 Å². The van der Waals surface area contributed by atoms with Gasteiger partial charge in [-0.15, -0.1) is 12.4 Å². The predicted octanol–water partition coefficient (Wildman–Crippen LogP) is 4.11. The number of aryl methyl sites for hydroxylation is 1. The minimum absolute atomic E-state index is 0. The molecule has 2 saturated heterocycles. The smallest absolute Gasteiger partial charge is 0.223 e. The van der Waals surface area contributed by atoms with Crippen molar-refractivity contribution in [2.45, 2.75) is 52.0 Å². The Hall–Kier alpha value is -1.06. The normalized spacial score (nSPS) is 22.9. The van der Waals surface area contributed by atoms with Crippen molar-refractivity contribution < 1.29 is 4.79 Å². The molecule has 0 saturated carbocycles. The van der Waals surface area contributed by atoms with E-state index in [1.807, 2.05) is 0 Å². The van der Waals surface area contributed by atoms with E-state index in [0.29, 0.717) is 30.2 Å². The summed E-state index contributed by atoms with van der Waals surface area (Å²) in [5.41, 5.74) is 2.59. The molecule has 134 valence electrons. The number of nitrogens with one attached hydrogen (secondary N) is 1. The third kappa shape index (κ3) is 4.52. The number of halogens is 1. The third-order valence-electron chi connectivity index (χ3n) is 5.69. The Morgan fingerprint density at radius 1 is 1.29 bits per heavy atom. The number of piperidine rings is 1. The number of hydrogen-bond donors (Lipinski definition) is 1. The lowest BCUT2D eigenvalue weighted by molar-refractivity contribution is -0.133. The standard InChI is InChI=1S/C20H30N2O.ClH/c1-15-5-3-6-18(13-15)19-7-4-12-22(19)20(23)14-16(2)17-8-10-21-11-9-17;/h3,5-6,13,16-17,19,21H,4,7-12,14H2,1-2H3;1H. The molecule has 0 aromatic heterocycles. The Labute approximate surface area is 152 Å². The van der Waals surface area contributed by atoms with E-state index in [2.05, 4.69) is 48.3 Å². The molecule has 2 fully saturated rings. The van der Waals surface area contributed by atoms with Crippen molar-refractivity contribution in [3.63, 3.8) is 0 Å². The Bertz CT molecular complexity index is 542. The highest BCUT2D eigenvalue weighted by Gasteiger charge is 2.32. The largest absolute Gasteiger partial charge is 0.336 e. The minimum atomic E-state index is 0. The van der Waals surface area contributed by atoms with Gasteiger partial charge in [0.15, 0.2) is 0 Å². The number of likely N-dealkylation sites (tertiary alicyclic amines) is 1. The highest BCUT2D eigenvalue weighted by Crippen LogP contribution is 2.34. The SMILES string of the molecule is Cc1cccc(C2CCCN2C(=O)CC(C)C2CCNCC2)c1.Cl. The number of carbonyl (C=O) groups is 1. The maximum absolute atomic E-state index is 12.9. The molecule has 1 N–H and O–H groups in total. The van der Waals surface area contributed by atoms with Crippen LogP contribution in [0.2, 0.25) is 0 Å². The first-order valence-corrected chi connectivity index (χ1v) is 9.22. The first kappa shape index (κ1) is 19.3. The van der Waals surface area contributed by atoms with E-state index in [4.69, 9.17) is 0 Å². The van der Waals surface area contributed by atoms with Crippen LogP contribution >= 0.6 is 12.4 Å². The molecule has 2 unspecified atom stereocenters. The molecule has 2 heterocycles. The molecule has 0 radical (unpaired) electrons. The van der Waals surface area contributed by atoms with Gasteiger partial charge in [-0.05, 0) is 63.1 Å². The number of benzene rings is 1. The second-order valence-corrected chi connectivity index (χ2v) is 7.43. The van der Waals surface area contributed by atoms with Crippen LogP contribution in [-0.2, 0) is 4.79 Å². The average Bonchev–Trinajstić information content (AvgIpc) is 3.05. The van der Waals surface area contributed by atoms with E-state index >= 15 is 0 Å². The van der Waals surface area contributed by atoms with Crippen molar-refractivity contribution in [1.82, 2.24) is 10.2 Å². The highest BCUT2D eigenvalue weighted by atomic mass is 35.5. The summed E-state index contributed by atoms with van der Waals surface area (Å²) in [6.07, 6.45) is 5.39. The summed E-state index contributed by atoms with van der Waals surface area (Å²) in [6, 6.07) is 8.96. The maximum atomic E-state index is 12.9. The molecule has 1 aromatic carbocycles. The van der Waals surface area contributed by atoms with E-state index in [0.717, 1.165) is 32.5 Å². The van der Waals surface area contributed by atoms with Gasteiger partial charge in [0.2, 0.25) is 5.91 Å². The van der Waals surface area contributed by atoms with Crippen LogP contribution in [0.3, 0.4) is 0 Å². The molecule has 24 heavy (non-hydrogen) atoms. The summed E-state index contributed by atoms with van der Waals surface area (Å²) in [7, 11) is 0. The highest BCUT2D eigenvalue weighted by molar-refractivity contribution is 5.85. The van der Waals surface area contributed by atoms with Gasteiger partial charge in [-0.3, -0.25) is 4.79 Å². The molecule has 1 aromatic rings. The molecule has 2 aliphatic heterocycles. The van der Waals surface area contributed by atoms with Crippen LogP contribution in [-0.4, -0.2) is 30.4 Å². The molecule has 2 atom stereocenters. The van der Waals surface area contributed by atoms with E-state index in [1.165, 1.54) is 24.0 Å². The summed E-state index contributed by atoms with van der Waals surface area (Å²) >= 11 is 0. The second-order valence-electron chi connectivity index (χ2n) is 7.43. The van der Waals surface area contributed by atoms with Crippen molar-refractivity contribution >= 4 is 18.3 Å². The van der Waals surface area contributed by atoms with Gasteiger partial charge in [0.1, 0.15) is 0 Å². The van der Waals surface area contributed by atoms with Gasteiger partial charge in [-0.25, -0.2) is 0 Å². The fourth-order valence-electron chi connectivity index (χ4n) is 4.26. The van der Waals surface area contributed by atoms with Crippen LogP contribution in [0.25, 0.3) is 0 Å².